The van der Waals surface area contributed by atoms with Crippen molar-refractivity contribution < 1.29 is 24.2 Å². The number of benzene rings is 1. The molecular weight excluding hydrogens is 298 g/mol. The van der Waals surface area contributed by atoms with Gasteiger partial charge in [-0.1, -0.05) is 11.6 Å². The molecule has 1 aromatic rings. The van der Waals surface area contributed by atoms with E-state index in [9.17, 15) is 14.7 Å². The Kier molecular flexibility index (Phi) is 4.39. The Morgan fingerprint density at radius 2 is 2.24 bits per heavy atom. The van der Waals surface area contributed by atoms with Gasteiger partial charge in [-0.25, -0.2) is 0 Å². The number of methoxy groups -OCH3 is 1. The number of carbonyl (C=O) groups excluding carboxylic acids is 1. The van der Waals surface area contributed by atoms with Crippen molar-refractivity contribution in [2.45, 2.75) is 13.0 Å². The van der Waals surface area contributed by atoms with E-state index in [0.717, 1.165) is 0 Å². The molecule has 1 aliphatic rings. The van der Waals surface area contributed by atoms with Crippen LogP contribution in [0.5, 0.6) is 5.75 Å². The number of carbonyl (C=O) groups is 2. The van der Waals surface area contributed by atoms with Crippen LogP contribution in [0.4, 0.5) is 0 Å². The summed E-state index contributed by atoms with van der Waals surface area (Å²) >= 11 is 5.89. The monoisotopic (exact) mass is 313 g/mol. The molecule has 2 atom stereocenters. The highest BCUT2D eigenvalue weighted by molar-refractivity contribution is 6.31. The Labute approximate surface area is 127 Å². The van der Waals surface area contributed by atoms with Gasteiger partial charge in [0, 0.05) is 5.02 Å². The highest BCUT2D eigenvalue weighted by atomic mass is 35.5. The van der Waals surface area contributed by atoms with Crippen molar-refractivity contribution in [1.29, 1.82) is 0 Å². The van der Waals surface area contributed by atoms with Gasteiger partial charge < -0.3 is 19.9 Å². The van der Waals surface area contributed by atoms with E-state index in [1.54, 1.807) is 19.1 Å². The summed E-state index contributed by atoms with van der Waals surface area (Å²) in [5.74, 6) is -1.09. The van der Waals surface area contributed by atoms with Gasteiger partial charge in [0.25, 0.3) is 5.91 Å². The van der Waals surface area contributed by atoms with Crippen LogP contribution in [0.15, 0.2) is 18.2 Å². The number of carboxylic acids is 1. The van der Waals surface area contributed by atoms with Crippen LogP contribution in [0, 0.1) is 5.41 Å². The third-order valence-corrected chi connectivity index (χ3v) is 3.89. The lowest BCUT2D eigenvalue weighted by molar-refractivity contribution is -0.148. The Morgan fingerprint density at radius 1 is 1.52 bits per heavy atom. The van der Waals surface area contributed by atoms with Crippen molar-refractivity contribution in [2.24, 2.45) is 5.41 Å². The first-order valence-electron chi connectivity index (χ1n) is 6.34. The number of hydrogen-bond acceptors (Lipinski definition) is 4. The van der Waals surface area contributed by atoms with Crippen molar-refractivity contribution in [3.63, 3.8) is 0 Å². The number of halogens is 1. The van der Waals surface area contributed by atoms with Gasteiger partial charge in [0.1, 0.15) is 11.2 Å². The lowest BCUT2D eigenvalue weighted by Crippen LogP contribution is -2.49. The molecule has 2 N–H and O–H groups in total. The molecule has 1 heterocycles. The molecule has 2 rings (SSSR count). The quantitative estimate of drug-likeness (QED) is 0.881. The molecule has 0 aliphatic carbocycles. The third-order valence-electron chi connectivity index (χ3n) is 3.66. The Morgan fingerprint density at radius 3 is 2.86 bits per heavy atom. The van der Waals surface area contributed by atoms with Gasteiger partial charge in [-0.05, 0) is 25.1 Å². The maximum Gasteiger partial charge on any atom is 0.313 e. The Balaban J connectivity index is 2.22. The largest absolute Gasteiger partial charge is 0.496 e. The molecule has 114 valence electrons. The standard InChI is InChI=1S/C14H16ClNO5/c1-14(13(18)19)7-21-6-11(14)16-12(17)9-5-8(15)3-4-10(9)20-2/h3-5,11H,6-7H2,1-2H3,(H,16,17)(H,18,19). The zero-order chi connectivity index (χ0) is 15.6. The number of rotatable bonds is 4. The molecular formula is C14H16ClNO5. The van der Waals surface area contributed by atoms with E-state index in [0.29, 0.717) is 10.8 Å². The van der Waals surface area contributed by atoms with E-state index in [-0.39, 0.29) is 18.8 Å². The maximum absolute atomic E-state index is 12.3. The summed E-state index contributed by atoms with van der Waals surface area (Å²) in [4.78, 5) is 23.7. The number of nitrogens with one attached hydrogen (secondary N) is 1. The zero-order valence-electron chi connectivity index (χ0n) is 11.7. The molecule has 0 aromatic heterocycles. The second-order valence-corrected chi connectivity index (χ2v) is 5.54. The summed E-state index contributed by atoms with van der Waals surface area (Å²) in [6, 6.07) is 4.05. The minimum atomic E-state index is -1.15. The molecule has 7 heteroatoms. The van der Waals surface area contributed by atoms with Crippen LogP contribution in [0.25, 0.3) is 0 Å². The van der Waals surface area contributed by atoms with Crippen LogP contribution in [0.3, 0.4) is 0 Å². The van der Waals surface area contributed by atoms with Gasteiger partial charge >= 0.3 is 5.97 Å². The molecule has 1 fully saturated rings. The topological polar surface area (TPSA) is 84.9 Å². The van der Waals surface area contributed by atoms with Gasteiger partial charge in [0.15, 0.2) is 0 Å². The molecule has 0 radical (unpaired) electrons. The summed E-state index contributed by atoms with van der Waals surface area (Å²) in [6.45, 7) is 1.75. The van der Waals surface area contributed by atoms with E-state index in [2.05, 4.69) is 5.32 Å². The van der Waals surface area contributed by atoms with Crippen LogP contribution in [0.2, 0.25) is 5.02 Å². The van der Waals surface area contributed by atoms with E-state index in [1.807, 2.05) is 0 Å². The highest BCUT2D eigenvalue weighted by Gasteiger charge is 2.47. The van der Waals surface area contributed by atoms with Gasteiger partial charge in [-0.3, -0.25) is 9.59 Å². The summed E-state index contributed by atoms with van der Waals surface area (Å²) in [7, 11) is 1.44. The molecule has 1 aliphatic heterocycles. The fraction of sp³-hybridized carbons (Fsp3) is 0.429. The Bertz CT molecular complexity index is 576. The molecule has 21 heavy (non-hydrogen) atoms. The Hall–Kier alpha value is -1.79. The molecule has 0 bridgehead atoms. The number of ether oxygens (including phenoxy) is 2. The SMILES string of the molecule is COc1ccc(Cl)cc1C(=O)NC1COCC1(C)C(=O)O. The second-order valence-electron chi connectivity index (χ2n) is 5.11. The molecule has 2 unspecified atom stereocenters. The first-order chi connectivity index (χ1) is 9.88. The summed E-state index contributed by atoms with van der Waals surface area (Å²) in [5.41, 5.74) is -0.897. The minimum Gasteiger partial charge on any atom is -0.496 e. The van der Waals surface area contributed by atoms with Gasteiger partial charge in [0.05, 0.1) is 31.9 Å². The lowest BCUT2D eigenvalue weighted by Gasteiger charge is -2.25. The fourth-order valence-electron chi connectivity index (χ4n) is 2.18. The van der Waals surface area contributed by atoms with Crippen molar-refractivity contribution in [3.05, 3.63) is 28.8 Å². The predicted molar refractivity (Wildman–Crippen MR) is 75.8 cm³/mol. The summed E-state index contributed by atoms with van der Waals surface area (Å²) < 4.78 is 10.3. The molecule has 1 amide bonds. The normalized spacial score (nSPS) is 24.6. The number of aliphatic carboxylic acids is 1. The van der Waals surface area contributed by atoms with Crippen LogP contribution in [0.1, 0.15) is 17.3 Å². The minimum absolute atomic E-state index is 0.0555. The molecule has 1 aromatic carbocycles. The van der Waals surface area contributed by atoms with Crippen LogP contribution >= 0.6 is 11.6 Å². The van der Waals surface area contributed by atoms with Gasteiger partial charge in [-0.15, -0.1) is 0 Å². The smallest absolute Gasteiger partial charge is 0.313 e. The van der Waals surface area contributed by atoms with E-state index in [4.69, 9.17) is 21.1 Å². The predicted octanol–water partition coefficient (Wildman–Crippen LogP) is 1.57. The number of hydrogen-bond donors (Lipinski definition) is 2. The second kappa shape index (κ2) is 5.91. The molecule has 6 nitrogen and oxygen atoms in total. The van der Waals surface area contributed by atoms with Crippen LogP contribution < -0.4 is 10.1 Å². The van der Waals surface area contributed by atoms with Crippen molar-refractivity contribution in [2.75, 3.05) is 20.3 Å². The van der Waals surface area contributed by atoms with Gasteiger partial charge in [0.2, 0.25) is 0 Å². The maximum atomic E-state index is 12.3. The zero-order valence-corrected chi connectivity index (χ0v) is 12.4. The fourth-order valence-corrected chi connectivity index (χ4v) is 2.35. The molecule has 0 saturated carbocycles. The molecule has 1 saturated heterocycles. The van der Waals surface area contributed by atoms with Crippen molar-refractivity contribution in [3.8, 4) is 5.75 Å². The lowest BCUT2D eigenvalue weighted by atomic mass is 9.85. The average molecular weight is 314 g/mol. The highest BCUT2D eigenvalue weighted by Crippen LogP contribution is 2.30. The average Bonchev–Trinajstić information content (AvgIpc) is 2.81. The number of carboxylic acid groups (broad SMARTS) is 1. The van der Waals surface area contributed by atoms with Crippen LogP contribution in [-0.2, 0) is 9.53 Å². The summed E-state index contributed by atoms with van der Waals surface area (Å²) in [6.07, 6.45) is 0. The molecule has 0 spiro atoms. The first-order valence-corrected chi connectivity index (χ1v) is 6.72. The number of amides is 1. The summed E-state index contributed by atoms with van der Waals surface area (Å²) in [5, 5.41) is 12.4. The van der Waals surface area contributed by atoms with E-state index in [1.165, 1.54) is 13.2 Å². The van der Waals surface area contributed by atoms with Crippen molar-refractivity contribution in [1.82, 2.24) is 5.32 Å². The van der Waals surface area contributed by atoms with E-state index >= 15 is 0 Å². The van der Waals surface area contributed by atoms with Crippen LogP contribution in [-0.4, -0.2) is 43.3 Å². The van der Waals surface area contributed by atoms with Crippen molar-refractivity contribution >= 4 is 23.5 Å². The third kappa shape index (κ3) is 2.96. The first kappa shape index (κ1) is 15.6. The van der Waals surface area contributed by atoms with E-state index < -0.39 is 23.3 Å². The van der Waals surface area contributed by atoms with Gasteiger partial charge in [-0.2, -0.15) is 0 Å².